The minimum absolute atomic E-state index is 0.203. The van der Waals surface area contributed by atoms with Gasteiger partial charge >= 0.3 is 5.97 Å². The standard InChI is InChI=1S/C10H16N4O3/c1-2-17-10(16)8(11)9(15)13-4-6-14-5-3-12-7-14/h3,5,7-8H,2,4,6,11H2,1H3,(H,13,15). The van der Waals surface area contributed by atoms with Crippen molar-refractivity contribution in [2.45, 2.75) is 19.5 Å². The molecule has 1 aromatic rings. The van der Waals surface area contributed by atoms with Crippen LogP contribution in [-0.4, -0.2) is 40.6 Å². The summed E-state index contributed by atoms with van der Waals surface area (Å²) in [4.78, 5) is 26.4. The van der Waals surface area contributed by atoms with E-state index in [4.69, 9.17) is 5.73 Å². The topological polar surface area (TPSA) is 99.2 Å². The Morgan fingerprint density at radius 1 is 1.59 bits per heavy atom. The van der Waals surface area contributed by atoms with Crippen molar-refractivity contribution in [3.05, 3.63) is 18.7 Å². The van der Waals surface area contributed by atoms with Gasteiger partial charge in [0.15, 0.2) is 6.04 Å². The zero-order valence-corrected chi connectivity index (χ0v) is 9.63. The van der Waals surface area contributed by atoms with Crippen LogP contribution in [0.3, 0.4) is 0 Å². The highest BCUT2D eigenvalue weighted by Gasteiger charge is 2.22. The third kappa shape index (κ3) is 4.23. The summed E-state index contributed by atoms with van der Waals surface area (Å²) in [6, 6.07) is -1.27. The normalized spacial score (nSPS) is 11.9. The Labute approximate surface area is 99.0 Å². The summed E-state index contributed by atoms with van der Waals surface area (Å²) in [6.45, 7) is 2.81. The lowest BCUT2D eigenvalue weighted by molar-refractivity contribution is -0.147. The molecule has 3 N–H and O–H groups in total. The first-order valence-electron chi connectivity index (χ1n) is 5.30. The number of aromatic nitrogens is 2. The van der Waals surface area contributed by atoms with Gasteiger partial charge < -0.3 is 20.4 Å². The zero-order chi connectivity index (χ0) is 12.7. The summed E-state index contributed by atoms with van der Waals surface area (Å²) in [5, 5.41) is 2.55. The number of esters is 1. The Kier molecular flexibility index (Phi) is 5.15. The number of carbonyl (C=O) groups excluding carboxylic acids is 2. The van der Waals surface area contributed by atoms with Crippen LogP contribution in [-0.2, 0) is 20.9 Å². The fourth-order valence-electron chi connectivity index (χ4n) is 1.18. The lowest BCUT2D eigenvalue weighted by atomic mass is 10.3. The van der Waals surface area contributed by atoms with Crippen molar-refractivity contribution in [3.8, 4) is 0 Å². The maximum absolute atomic E-state index is 11.4. The Morgan fingerprint density at radius 3 is 2.94 bits per heavy atom. The van der Waals surface area contributed by atoms with Crippen LogP contribution >= 0.6 is 0 Å². The Balaban J connectivity index is 2.27. The van der Waals surface area contributed by atoms with Crippen LogP contribution < -0.4 is 11.1 Å². The second-order valence-electron chi connectivity index (χ2n) is 3.32. The first-order valence-corrected chi connectivity index (χ1v) is 5.30. The largest absolute Gasteiger partial charge is 0.464 e. The lowest BCUT2D eigenvalue weighted by Crippen LogP contribution is -2.47. The van der Waals surface area contributed by atoms with E-state index in [0.29, 0.717) is 13.1 Å². The molecule has 1 atom stereocenters. The molecule has 0 saturated carbocycles. The lowest BCUT2D eigenvalue weighted by Gasteiger charge is -2.11. The van der Waals surface area contributed by atoms with Crippen molar-refractivity contribution in [3.63, 3.8) is 0 Å². The molecule has 17 heavy (non-hydrogen) atoms. The highest BCUT2D eigenvalue weighted by Crippen LogP contribution is 1.87. The Morgan fingerprint density at radius 2 is 2.35 bits per heavy atom. The van der Waals surface area contributed by atoms with Gasteiger partial charge in [0.1, 0.15) is 0 Å². The number of hydrogen-bond acceptors (Lipinski definition) is 5. The van der Waals surface area contributed by atoms with Crippen LogP contribution in [0.1, 0.15) is 6.92 Å². The fraction of sp³-hybridized carbons (Fsp3) is 0.500. The first kappa shape index (κ1) is 13.2. The summed E-state index contributed by atoms with van der Waals surface area (Å²) >= 11 is 0. The molecule has 0 radical (unpaired) electrons. The number of nitrogens with zero attached hydrogens (tertiary/aromatic N) is 2. The SMILES string of the molecule is CCOC(=O)C(N)C(=O)NCCn1ccnc1. The molecule has 0 aliphatic heterocycles. The van der Waals surface area contributed by atoms with Gasteiger partial charge in [-0.25, -0.2) is 9.78 Å². The van der Waals surface area contributed by atoms with Crippen LogP contribution in [0.5, 0.6) is 0 Å². The molecule has 7 nitrogen and oxygen atoms in total. The smallest absolute Gasteiger partial charge is 0.332 e. The summed E-state index contributed by atoms with van der Waals surface area (Å²) in [5.74, 6) is -1.25. The molecular formula is C10H16N4O3. The molecule has 1 aromatic heterocycles. The van der Waals surface area contributed by atoms with Crippen molar-refractivity contribution < 1.29 is 14.3 Å². The van der Waals surface area contributed by atoms with E-state index in [1.54, 1.807) is 30.2 Å². The average Bonchev–Trinajstić information content (AvgIpc) is 2.81. The predicted octanol–water partition coefficient (Wildman–Crippen LogP) is -1.11. The van der Waals surface area contributed by atoms with E-state index in [2.05, 4.69) is 15.0 Å². The van der Waals surface area contributed by atoms with Crippen molar-refractivity contribution in [2.24, 2.45) is 5.73 Å². The molecule has 0 aliphatic rings. The third-order valence-electron chi connectivity index (χ3n) is 2.05. The maximum Gasteiger partial charge on any atom is 0.332 e. The second-order valence-corrected chi connectivity index (χ2v) is 3.32. The molecule has 0 bridgehead atoms. The number of imidazole rings is 1. The van der Waals surface area contributed by atoms with E-state index in [-0.39, 0.29) is 6.61 Å². The molecule has 1 unspecified atom stereocenters. The summed E-state index contributed by atoms with van der Waals surface area (Å²) in [5.41, 5.74) is 5.40. The minimum atomic E-state index is -1.27. The molecule has 0 saturated heterocycles. The molecule has 1 heterocycles. The number of nitrogens with one attached hydrogen (secondary N) is 1. The van der Waals surface area contributed by atoms with E-state index in [9.17, 15) is 9.59 Å². The quantitative estimate of drug-likeness (QED) is 0.485. The molecule has 1 rings (SSSR count). The van der Waals surface area contributed by atoms with Gasteiger partial charge in [-0.05, 0) is 6.92 Å². The number of ether oxygens (including phenoxy) is 1. The van der Waals surface area contributed by atoms with Crippen molar-refractivity contribution in [2.75, 3.05) is 13.2 Å². The van der Waals surface area contributed by atoms with E-state index in [1.807, 2.05) is 0 Å². The number of nitrogens with two attached hydrogens (primary N) is 1. The van der Waals surface area contributed by atoms with Crippen molar-refractivity contribution in [1.82, 2.24) is 14.9 Å². The molecule has 1 amide bonds. The molecule has 7 heteroatoms. The van der Waals surface area contributed by atoms with Crippen LogP contribution in [0, 0.1) is 0 Å². The minimum Gasteiger partial charge on any atom is -0.464 e. The molecule has 0 aliphatic carbocycles. The van der Waals surface area contributed by atoms with Crippen molar-refractivity contribution in [1.29, 1.82) is 0 Å². The number of carbonyl (C=O) groups is 2. The maximum atomic E-state index is 11.4. The monoisotopic (exact) mass is 240 g/mol. The number of rotatable bonds is 6. The van der Waals surface area contributed by atoms with E-state index >= 15 is 0 Å². The van der Waals surface area contributed by atoms with Gasteiger partial charge in [0.2, 0.25) is 5.91 Å². The Bertz CT molecular complexity index is 364. The van der Waals surface area contributed by atoms with Gasteiger partial charge in [0.05, 0.1) is 12.9 Å². The predicted molar refractivity (Wildman–Crippen MR) is 59.8 cm³/mol. The van der Waals surface area contributed by atoms with Gasteiger partial charge in [0, 0.05) is 25.5 Å². The van der Waals surface area contributed by atoms with Gasteiger partial charge in [0.25, 0.3) is 0 Å². The third-order valence-corrected chi connectivity index (χ3v) is 2.05. The molecule has 94 valence electrons. The van der Waals surface area contributed by atoms with E-state index in [0.717, 1.165) is 0 Å². The van der Waals surface area contributed by atoms with Crippen LogP contribution in [0.2, 0.25) is 0 Å². The van der Waals surface area contributed by atoms with Crippen LogP contribution in [0.4, 0.5) is 0 Å². The van der Waals surface area contributed by atoms with Gasteiger partial charge in [-0.3, -0.25) is 4.79 Å². The molecular weight excluding hydrogens is 224 g/mol. The van der Waals surface area contributed by atoms with Crippen LogP contribution in [0.25, 0.3) is 0 Å². The average molecular weight is 240 g/mol. The fourth-order valence-corrected chi connectivity index (χ4v) is 1.18. The zero-order valence-electron chi connectivity index (χ0n) is 9.63. The first-order chi connectivity index (χ1) is 8.15. The summed E-state index contributed by atoms with van der Waals surface area (Å²) in [7, 11) is 0. The number of hydrogen-bond donors (Lipinski definition) is 2. The highest BCUT2D eigenvalue weighted by atomic mass is 16.5. The van der Waals surface area contributed by atoms with Gasteiger partial charge in [-0.2, -0.15) is 0 Å². The summed E-state index contributed by atoms with van der Waals surface area (Å²) in [6.07, 6.45) is 5.06. The highest BCUT2D eigenvalue weighted by molar-refractivity contribution is 6.01. The molecule has 0 aromatic carbocycles. The second kappa shape index (κ2) is 6.64. The van der Waals surface area contributed by atoms with E-state index in [1.165, 1.54) is 0 Å². The summed E-state index contributed by atoms with van der Waals surface area (Å²) < 4.78 is 6.44. The molecule has 0 spiro atoms. The Hall–Kier alpha value is -1.89. The number of amides is 1. The van der Waals surface area contributed by atoms with Crippen molar-refractivity contribution >= 4 is 11.9 Å². The van der Waals surface area contributed by atoms with Crippen LogP contribution in [0.15, 0.2) is 18.7 Å². The van der Waals surface area contributed by atoms with E-state index < -0.39 is 17.9 Å². The van der Waals surface area contributed by atoms with Gasteiger partial charge in [-0.1, -0.05) is 0 Å². The molecule has 0 fully saturated rings. The van der Waals surface area contributed by atoms with Gasteiger partial charge in [-0.15, -0.1) is 0 Å².